The third-order valence-electron chi connectivity index (χ3n) is 3.05. The molecule has 0 aliphatic rings. The number of hydrogen-bond donors (Lipinski definition) is 1. The molecule has 3 aromatic rings. The first-order valence-electron chi connectivity index (χ1n) is 6.25. The summed E-state index contributed by atoms with van der Waals surface area (Å²) < 4.78 is 23.8. The molecule has 0 saturated carbocycles. The summed E-state index contributed by atoms with van der Waals surface area (Å²) in [4.78, 5) is 8.76. The molecule has 0 spiro atoms. The number of aromatic nitrogens is 2. The first-order valence-corrected chi connectivity index (χ1v) is 9.02. The number of thiophene rings is 1. The van der Waals surface area contributed by atoms with Gasteiger partial charge in [-0.1, -0.05) is 12.1 Å². The van der Waals surface area contributed by atoms with E-state index in [4.69, 9.17) is 0 Å². The molecule has 0 unspecified atom stereocenters. The first kappa shape index (κ1) is 14.0. The van der Waals surface area contributed by atoms with E-state index in [9.17, 15) is 8.42 Å². The number of sulfone groups is 1. The van der Waals surface area contributed by atoms with Crippen molar-refractivity contribution >= 4 is 37.2 Å². The number of nitrogens with zero attached hydrogens (tertiary/aromatic N) is 2. The minimum atomic E-state index is -3.15. The summed E-state index contributed by atoms with van der Waals surface area (Å²) in [5.41, 5.74) is 1.91. The van der Waals surface area contributed by atoms with Crippen LogP contribution in [0.25, 0.3) is 10.2 Å². The van der Waals surface area contributed by atoms with Gasteiger partial charge in [0.25, 0.3) is 0 Å². The topological polar surface area (TPSA) is 72.0 Å². The van der Waals surface area contributed by atoms with Crippen LogP contribution in [-0.2, 0) is 16.4 Å². The van der Waals surface area contributed by atoms with Crippen molar-refractivity contribution < 1.29 is 8.42 Å². The van der Waals surface area contributed by atoms with Gasteiger partial charge in [-0.25, -0.2) is 18.4 Å². The zero-order chi connectivity index (χ0) is 14.9. The van der Waals surface area contributed by atoms with E-state index in [1.807, 2.05) is 11.4 Å². The predicted molar refractivity (Wildman–Crippen MR) is 84.3 cm³/mol. The van der Waals surface area contributed by atoms with Gasteiger partial charge in [0, 0.05) is 12.8 Å². The molecule has 0 saturated heterocycles. The summed E-state index contributed by atoms with van der Waals surface area (Å²) in [7, 11) is -3.15. The van der Waals surface area contributed by atoms with Gasteiger partial charge in [-0.3, -0.25) is 0 Å². The first-order chi connectivity index (χ1) is 10.0. The fraction of sp³-hybridized carbons (Fsp3) is 0.143. The molecule has 0 radical (unpaired) electrons. The Bertz CT molecular complexity index is 871. The van der Waals surface area contributed by atoms with E-state index in [1.54, 1.807) is 35.6 Å². The highest BCUT2D eigenvalue weighted by atomic mass is 32.2. The van der Waals surface area contributed by atoms with Crippen molar-refractivity contribution in [3.8, 4) is 0 Å². The highest BCUT2D eigenvalue weighted by molar-refractivity contribution is 7.90. The smallest absolute Gasteiger partial charge is 0.175 e. The summed E-state index contributed by atoms with van der Waals surface area (Å²) in [6.45, 7) is 0.577. The van der Waals surface area contributed by atoms with E-state index in [-0.39, 0.29) is 0 Å². The van der Waals surface area contributed by atoms with Gasteiger partial charge in [-0.15, -0.1) is 11.3 Å². The molecule has 0 aliphatic carbocycles. The molecule has 1 aromatic carbocycles. The SMILES string of the molecule is CS(=O)(=O)c1ccc(CNc2ncnc3ccsc23)cc1. The Morgan fingerprint density at radius 2 is 1.90 bits per heavy atom. The number of anilines is 1. The largest absolute Gasteiger partial charge is 0.365 e. The normalized spacial score (nSPS) is 11.7. The Kier molecular flexibility index (Phi) is 3.60. The van der Waals surface area contributed by atoms with Crippen LogP contribution in [0.15, 0.2) is 46.9 Å². The molecule has 7 heteroatoms. The maximum absolute atomic E-state index is 11.4. The minimum Gasteiger partial charge on any atom is -0.365 e. The van der Waals surface area contributed by atoms with Crippen LogP contribution in [0.1, 0.15) is 5.56 Å². The molecule has 0 amide bonds. The Morgan fingerprint density at radius 3 is 2.62 bits per heavy atom. The Morgan fingerprint density at radius 1 is 1.14 bits per heavy atom. The van der Waals surface area contributed by atoms with E-state index < -0.39 is 9.84 Å². The van der Waals surface area contributed by atoms with Crippen LogP contribution in [0.5, 0.6) is 0 Å². The molecule has 0 aliphatic heterocycles. The molecule has 5 nitrogen and oxygen atoms in total. The van der Waals surface area contributed by atoms with E-state index in [0.717, 1.165) is 21.6 Å². The molecule has 0 bridgehead atoms. The fourth-order valence-corrected chi connectivity index (χ4v) is 3.40. The Labute approximate surface area is 126 Å². The van der Waals surface area contributed by atoms with Crippen LogP contribution >= 0.6 is 11.3 Å². The van der Waals surface area contributed by atoms with Gasteiger partial charge >= 0.3 is 0 Å². The van der Waals surface area contributed by atoms with Gasteiger partial charge in [-0.05, 0) is 29.1 Å². The third kappa shape index (κ3) is 3.03. The molecule has 1 N–H and O–H groups in total. The van der Waals surface area contributed by atoms with Crippen LogP contribution < -0.4 is 5.32 Å². The molecular formula is C14H13N3O2S2. The fourth-order valence-electron chi connectivity index (χ4n) is 1.95. The van der Waals surface area contributed by atoms with E-state index in [2.05, 4.69) is 15.3 Å². The summed E-state index contributed by atoms with van der Waals surface area (Å²) >= 11 is 1.59. The van der Waals surface area contributed by atoms with Crippen molar-refractivity contribution in [1.29, 1.82) is 0 Å². The van der Waals surface area contributed by atoms with E-state index >= 15 is 0 Å². The van der Waals surface area contributed by atoms with E-state index in [0.29, 0.717) is 11.4 Å². The second-order valence-electron chi connectivity index (χ2n) is 4.63. The highest BCUT2D eigenvalue weighted by Crippen LogP contribution is 2.25. The number of nitrogens with one attached hydrogen (secondary N) is 1. The van der Waals surface area contributed by atoms with Crippen molar-refractivity contribution in [3.05, 3.63) is 47.6 Å². The van der Waals surface area contributed by atoms with Crippen LogP contribution in [0, 0.1) is 0 Å². The second-order valence-corrected chi connectivity index (χ2v) is 7.56. The van der Waals surface area contributed by atoms with Crippen LogP contribution in [0.2, 0.25) is 0 Å². The summed E-state index contributed by atoms with van der Waals surface area (Å²) in [6.07, 6.45) is 2.73. The molecular weight excluding hydrogens is 306 g/mol. The maximum Gasteiger partial charge on any atom is 0.175 e. The van der Waals surface area contributed by atoms with Crippen molar-refractivity contribution in [2.24, 2.45) is 0 Å². The van der Waals surface area contributed by atoms with Crippen molar-refractivity contribution in [3.63, 3.8) is 0 Å². The van der Waals surface area contributed by atoms with Crippen LogP contribution in [-0.4, -0.2) is 24.6 Å². The van der Waals surface area contributed by atoms with Crippen LogP contribution in [0.4, 0.5) is 5.82 Å². The number of rotatable bonds is 4. The molecule has 108 valence electrons. The zero-order valence-corrected chi connectivity index (χ0v) is 12.9. The molecule has 21 heavy (non-hydrogen) atoms. The molecule has 3 rings (SSSR count). The van der Waals surface area contributed by atoms with E-state index in [1.165, 1.54) is 12.6 Å². The lowest BCUT2D eigenvalue weighted by Crippen LogP contribution is -2.03. The van der Waals surface area contributed by atoms with Gasteiger partial charge in [0.1, 0.15) is 12.1 Å². The zero-order valence-electron chi connectivity index (χ0n) is 11.3. The van der Waals surface area contributed by atoms with Gasteiger partial charge in [0.05, 0.1) is 15.1 Å². The second kappa shape index (κ2) is 5.42. The molecule has 0 fully saturated rings. The van der Waals surface area contributed by atoms with Gasteiger partial charge < -0.3 is 5.32 Å². The quantitative estimate of drug-likeness (QED) is 0.800. The van der Waals surface area contributed by atoms with Crippen LogP contribution in [0.3, 0.4) is 0 Å². The number of hydrogen-bond acceptors (Lipinski definition) is 6. The van der Waals surface area contributed by atoms with Gasteiger partial charge in [0.15, 0.2) is 9.84 Å². The average molecular weight is 319 g/mol. The summed E-state index contributed by atoms with van der Waals surface area (Å²) in [6, 6.07) is 8.79. The lowest BCUT2D eigenvalue weighted by molar-refractivity contribution is 0.602. The van der Waals surface area contributed by atoms with Crippen molar-refractivity contribution in [2.45, 2.75) is 11.4 Å². The average Bonchev–Trinajstić information content (AvgIpc) is 2.93. The van der Waals surface area contributed by atoms with Crippen molar-refractivity contribution in [1.82, 2.24) is 9.97 Å². The van der Waals surface area contributed by atoms with Gasteiger partial charge in [-0.2, -0.15) is 0 Å². The number of fused-ring (bicyclic) bond motifs is 1. The lowest BCUT2D eigenvalue weighted by atomic mass is 10.2. The Balaban J connectivity index is 1.77. The van der Waals surface area contributed by atoms with Crippen molar-refractivity contribution in [2.75, 3.05) is 11.6 Å². The molecule has 0 atom stereocenters. The summed E-state index contributed by atoms with van der Waals surface area (Å²) in [5.74, 6) is 0.794. The highest BCUT2D eigenvalue weighted by Gasteiger charge is 2.07. The standard InChI is InChI=1S/C14H13N3O2S2/c1-21(18,19)11-4-2-10(3-5-11)8-15-14-13-12(6-7-20-13)16-9-17-14/h2-7,9H,8H2,1H3,(H,15,16,17). The Hall–Kier alpha value is -1.99. The lowest BCUT2D eigenvalue weighted by Gasteiger charge is -2.07. The molecule has 2 aromatic heterocycles. The summed E-state index contributed by atoms with van der Waals surface area (Å²) in [5, 5.41) is 5.24. The molecule has 2 heterocycles. The number of benzene rings is 1. The maximum atomic E-state index is 11.4. The third-order valence-corrected chi connectivity index (χ3v) is 5.09. The predicted octanol–water partition coefficient (Wildman–Crippen LogP) is 2.71. The minimum absolute atomic E-state index is 0.328. The monoisotopic (exact) mass is 319 g/mol. The van der Waals surface area contributed by atoms with Gasteiger partial charge in [0.2, 0.25) is 0 Å².